The third-order valence-electron chi connectivity index (χ3n) is 3.40. The van der Waals surface area contributed by atoms with E-state index in [0.717, 1.165) is 25.7 Å². The Morgan fingerprint density at radius 2 is 1.87 bits per heavy atom. The molecule has 0 spiro atoms. The highest BCUT2D eigenvalue weighted by atomic mass is 32.1. The van der Waals surface area contributed by atoms with Crippen molar-refractivity contribution < 1.29 is 9.47 Å². The van der Waals surface area contributed by atoms with Crippen molar-refractivity contribution in [1.29, 1.82) is 0 Å². The average Bonchev–Trinajstić information content (AvgIpc) is 2.74. The fourth-order valence-electron chi connectivity index (χ4n) is 2.14. The highest BCUT2D eigenvalue weighted by Crippen LogP contribution is 2.39. The van der Waals surface area contributed by atoms with E-state index in [1.165, 1.54) is 0 Å². The van der Waals surface area contributed by atoms with Crippen molar-refractivity contribution in [3.05, 3.63) is 0 Å². The summed E-state index contributed by atoms with van der Waals surface area (Å²) in [6.45, 7) is 5.77. The zero-order valence-corrected chi connectivity index (χ0v) is 10.4. The molecule has 15 heavy (non-hydrogen) atoms. The third-order valence-corrected chi connectivity index (χ3v) is 3.60. The first-order chi connectivity index (χ1) is 7.14. The van der Waals surface area contributed by atoms with E-state index in [1.54, 1.807) is 0 Å². The van der Waals surface area contributed by atoms with E-state index in [1.807, 2.05) is 0 Å². The molecule has 3 nitrogen and oxygen atoms in total. The Kier molecular flexibility index (Phi) is 4.96. The summed E-state index contributed by atoms with van der Waals surface area (Å²) in [7, 11) is 0. The summed E-state index contributed by atoms with van der Waals surface area (Å²) < 4.78 is 11.3. The fraction of sp³-hybridized carbons (Fsp3) is 0.909. The molecule has 1 rings (SSSR count). The first-order valence-electron chi connectivity index (χ1n) is 5.66. The van der Waals surface area contributed by atoms with Crippen LogP contribution >= 0.6 is 12.2 Å². The van der Waals surface area contributed by atoms with Crippen LogP contribution in [-0.4, -0.2) is 24.5 Å². The standard InChI is InChI=1S/C11H21NO2S/c1-3-11(4-2,6-5-9(12)15)10-13-7-8-14-10/h10H,3-8H2,1-2H3,(H2,12,15). The molecule has 1 heterocycles. The van der Waals surface area contributed by atoms with Crippen molar-refractivity contribution in [2.75, 3.05) is 13.2 Å². The summed E-state index contributed by atoms with van der Waals surface area (Å²) in [4.78, 5) is 0.583. The number of ether oxygens (including phenoxy) is 2. The summed E-state index contributed by atoms with van der Waals surface area (Å²) >= 11 is 4.93. The van der Waals surface area contributed by atoms with Gasteiger partial charge in [-0.3, -0.25) is 0 Å². The van der Waals surface area contributed by atoms with Crippen LogP contribution in [-0.2, 0) is 9.47 Å². The minimum atomic E-state index is -0.0677. The van der Waals surface area contributed by atoms with Crippen LogP contribution in [0.3, 0.4) is 0 Å². The molecule has 88 valence electrons. The van der Waals surface area contributed by atoms with E-state index < -0.39 is 0 Å². The van der Waals surface area contributed by atoms with Crippen molar-refractivity contribution in [3.8, 4) is 0 Å². The molecule has 0 amide bonds. The summed E-state index contributed by atoms with van der Waals surface area (Å²) in [6, 6.07) is 0. The van der Waals surface area contributed by atoms with Crippen LogP contribution < -0.4 is 5.73 Å². The van der Waals surface area contributed by atoms with Crippen molar-refractivity contribution in [2.45, 2.75) is 45.8 Å². The molecule has 0 unspecified atom stereocenters. The number of hydrogen-bond donors (Lipinski definition) is 1. The first-order valence-corrected chi connectivity index (χ1v) is 6.07. The van der Waals surface area contributed by atoms with Gasteiger partial charge in [-0.2, -0.15) is 0 Å². The van der Waals surface area contributed by atoms with Gasteiger partial charge in [0.2, 0.25) is 0 Å². The molecule has 2 N–H and O–H groups in total. The molecule has 1 fully saturated rings. The van der Waals surface area contributed by atoms with Crippen LogP contribution in [0.5, 0.6) is 0 Å². The van der Waals surface area contributed by atoms with Gasteiger partial charge < -0.3 is 15.2 Å². The van der Waals surface area contributed by atoms with E-state index in [-0.39, 0.29) is 11.7 Å². The molecule has 4 heteroatoms. The van der Waals surface area contributed by atoms with Gasteiger partial charge in [-0.05, 0) is 25.7 Å². The van der Waals surface area contributed by atoms with Crippen LogP contribution in [0.4, 0.5) is 0 Å². The summed E-state index contributed by atoms with van der Waals surface area (Å²) in [6.07, 6.45) is 3.75. The maximum atomic E-state index is 5.63. The lowest BCUT2D eigenvalue weighted by atomic mass is 9.77. The second-order valence-corrected chi connectivity index (χ2v) is 4.63. The van der Waals surface area contributed by atoms with Crippen LogP contribution in [0.15, 0.2) is 0 Å². The largest absolute Gasteiger partial charge is 0.393 e. The molecule has 1 aliphatic rings. The number of nitrogens with two attached hydrogens (primary N) is 1. The zero-order chi connectivity index (χ0) is 11.3. The van der Waals surface area contributed by atoms with Crippen molar-refractivity contribution in [1.82, 2.24) is 0 Å². The molecule has 1 saturated heterocycles. The molecule has 0 bridgehead atoms. The van der Waals surface area contributed by atoms with E-state index >= 15 is 0 Å². The van der Waals surface area contributed by atoms with Gasteiger partial charge in [0.1, 0.15) is 0 Å². The molecule has 0 aromatic heterocycles. The Bertz CT molecular complexity index is 211. The van der Waals surface area contributed by atoms with Gasteiger partial charge in [-0.1, -0.05) is 26.1 Å². The van der Waals surface area contributed by atoms with Gasteiger partial charge in [0.15, 0.2) is 6.29 Å². The highest BCUT2D eigenvalue weighted by Gasteiger charge is 2.39. The lowest BCUT2D eigenvalue weighted by Gasteiger charge is -2.35. The molecule has 0 aromatic rings. The van der Waals surface area contributed by atoms with Gasteiger partial charge in [0, 0.05) is 5.41 Å². The predicted octanol–water partition coefficient (Wildman–Crippen LogP) is 2.23. The van der Waals surface area contributed by atoms with Crippen molar-refractivity contribution >= 4 is 17.2 Å². The molecule has 0 saturated carbocycles. The summed E-state index contributed by atoms with van der Waals surface area (Å²) in [5.41, 5.74) is 5.64. The topological polar surface area (TPSA) is 44.5 Å². The average molecular weight is 231 g/mol. The van der Waals surface area contributed by atoms with Crippen LogP contribution in [0.1, 0.15) is 39.5 Å². The predicted molar refractivity (Wildman–Crippen MR) is 64.7 cm³/mol. The molecule has 0 aromatic carbocycles. The highest BCUT2D eigenvalue weighted by molar-refractivity contribution is 7.80. The van der Waals surface area contributed by atoms with Crippen molar-refractivity contribution in [3.63, 3.8) is 0 Å². The van der Waals surface area contributed by atoms with E-state index in [0.29, 0.717) is 18.2 Å². The first kappa shape index (κ1) is 12.9. The zero-order valence-electron chi connectivity index (χ0n) is 9.62. The number of hydrogen-bond acceptors (Lipinski definition) is 3. The SMILES string of the molecule is CCC(CC)(CCC(N)=S)C1OCCO1. The molecular formula is C11H21NO2S. The summed E-state index contributed by atoms with van der Waals surface area (Å²) in [5, 5.41) is 0. The monoisotopic (exact) mass is 231 g/mol. The maximum absolute atomic E-state index is 5.63. The van der Waals surface area contributed by atoms with Gasteiger partial charge in [0.25, 0.3) is 0 Å². The van der Waals surface area contributed by atoms with Gasteiger partial charge in [-0.15, -0.1) is 0 Å². The number of thiocarbonyl (C=S) groups is 1. The molecule has 0 radical (unpaired) electrons. The lowest BCUT2D eigenvalue weighted by Crippen LogP contribution is -2.36. The van der Waals surface area contributed by atoms with Crippen LogP contribution in [0.25, 0.3) is 0 Å². The minimum Gasteiger partial charge on any atom is -0.393 e. The third kappa shape index (κ3) is 3.13. The second kappa shape index (κ2) is 5.77. The molecule has 1 aliphatic heterocycles. The summed E-state index contributed by atoms with van der Waals surface area (Å²) in [5.74, 6) is 0. The van der Waals surface area contributed by atoms with E-state index in [2.05, 4.69) is 13.8 Å². The van der Waals surface area contributed by atoms with E-state index in [9.17, 15) is 0 Å². The second-order valence-electron chi connectivity index (χ2n) is 4.11. The minimum absolute atomic E-state index is 0.0677. The number of rotatable bonds is 6. The maximum Gasteiger partial charge on any atom is 0.163 e. The van der Waals surface area contributed by atoms with Gasteiger partial charge in [0.05, 0.1) is 18.2 Å². The fourth-order valence-corrected chi connectivity index (χ4v) is 2.24. The molecule has 0 aliphatic carbocycles. The normalized spacial score (nSPS) is 18.3. The smallest absolute Gasteiger partial charge is 0.163 e. The Morgan fingerprint density at radius 3 is 2.27 bits per heavy atom. The quantitative estimate of drug-likeness (QED) is 0.712. The Balaban J connectivity index is 2.62. The van der Waals surface area contributed by atoms with Crippen LogP contribution in [0.2, 0.25) is 0 Å². The Hall–Kier alpha value is -0.190. The van der Waals surface area contributed by atoms with E-state index in [4.69, 9.17) is 27.4 Å². The molecular weight excluding hydrogens is 210 g/mol. The van der Waals surface area contributed by atoms with Gasteiger partial charge >= 0.3 is 0 Å². The van der Waals surface area contributed by atoms with Crippen molar-refractivity contribution in [2.24, 2.45) is 11.1 Å². The van der Waals surface area contributed by atoms with Gasteiger partial charge in [-0.25, -0.2) is 0 Å². The molecule has 0 atom stereocenters. The Morgan fingerprint density at radius 1 is 1.33 bits per heavy atom. The lowest BCUT2D eigenvalue weighted by molar-refractivity contribution is -0.139. The Labute approximate surface area is 97.3 Å². The van der Waals surface area contributed by atoms with Crippen LogP contribution in [0, 0.1) is 5.41 Å².